The monoisotopic (exact) mass is 345 g/mol. The van der Waals surface area contributed by atoms with E-state index >= 15 is 0 Å². The summed E-state index contributed by atoms with van der Waals surface area (Å²) in [4.78, 5) is 23.4. The molecule has 3 aromatic rings. The highest BCUT2D eigenvalue weighted by Gasteiger charge is 2.15. The number of amides is 1. The van der Waals surface area contributed by atoms with Crippen LogP contribution < -0.4 is 0 Å². The number of hydrogen-bond donors (Lipinski definition) is 0. The maximum Gasteiger partial charge on any atom is 0.253 e. The summed E-state index contributed by atoms with van der Waals surface area (Å²) in [7, 11) is 1.82. The Kier molecular flexibility index (Phi) is 4.46. The molecule has 4 nitrogen and oxygen atoms in total. The Bertz CT molecular complexity index is 851. The van der Waals surface area contributed by atoms with Crippen LogP contribution in [0.3, 0.4) is 0 Å². The van der Waals surface area contributed by atoms with E-state index in [2.05, 4.69) is 23.8 Å². The molecule has 2 heterocycles. The molecule has 6 heteroatoms. The van der Waals surface area contributed by atoms with Crippen LogP contribution in [0, 0.1) is 6.92 Å². The largest absolute Gasteiger partial charge is 0.336 e. The molecular formula is C17H19N3OS2. The second kappa shape index (κ2) is 6.37. The highest BCUT2D eigenvalue weighted by atomic mass is 32.1. The number of hydrogen-bond acceptors (Lipinski definition) is 5. The predicted octanol–water partition coefficient (Wildman–Crippen LogP) is 4.46. The molecule has 0 saturated heterocycles. The molecule has 0 spiro atoms. The quantitative estimate of drug-likeness (QED) is 0.701. The number of aryl methyl sites for hydroxylation is 1. The van der Waals surface area contributed by atoms with Crippen molar-refractivity contribution in [1.29, 1.82) is 0 Å². The van der Waals surface area contributed by atoms with Crippen LogP contribution in [0.5, 0.6) is 0 Å². The Morgan fingerprint density at radius 2 is 2.09 bits per heavy atom. The van der Waals surface area contributed by atoms with Gasteiger partial charge in [0.25, 0.3) is 5.91 Å². The second-order valence-corrected chi connectivity index (χ2v) is 8.03. The molecule has 2 aromatic heterocycles. The van der Waals surface area contributed by atoms with Crippen LogP contribution in [-0.4, -0.2) is 27.8 Å². The van der Waals surface area contributed by atoms with Gasteiger partial charge in [0.15, 0.2) is 0 Å². The van der Waals surface area contributed by atoms with Crippen molar-refractivity contribution in [3.05, 3.63) is 44.9 Å². The molecule has 0 radical (unpaired) electrons. The Morgan fingerprint density at radius 1 is 1.30 bits per heavy atom. The van der Waals surface area contributed by atoms with E-state index in [4.69, 9.17) is 0 Å². The van der Waals surface area contributed by atoms with Crippen molar-refractivity contribution in [3.8, 4) is 0 Å². The normalized spacial score (nSPS) is 11.3. The molecule has 0 fully saturated rings. The van der Waals surface area contributed by atoms with Crippen LogP contribution in [0.4, 0.5) is 0 Å². The Morgan fingerprint density at radius 3 is 2.78 bits per heavy atom. The maximum absolute atomic E-state index is 12.6. The first kappa shape index (κ1) is 16.1. The molecule has 3 rings (SSSR count). The number of thiazole rings is 2. The number of benzene rings is 1. The first-order valence-corrected chi connectivity index (χ1v) is 9.20. The summed E-state index contributed by atoms with van der Waals surface area (Å²) in [6, 6.07) is 5.69. The summed E-state index contributed by atoms with van der Waals surface area (Å²) in [5.41, 5.74) is 2.60. The van der Waals surface area contributed by atoms with Crippen molar-refractivity contribution in [2.45, 2.75) is 33.2 Å². The third kappa shape index (κ3) is 3.43. The summed E-state index contributed by atoms with van der Waals surface area (Å²) in [5.74, 6) is 0.434. The lowest BCUT2D eigenvalue weighted by molar-refractivity contribution is 0.0784. The van der Waals surface area contributed by atoms with Gasteiger partial charge in [0, 0.05) is 23.9 Å². The van der Waals surface area contributed by atoms with E-state index in [9.17, 15) is 4.79 Å². The van der Waals surface area contributed by atoms with Gasteiger partial charge in [-0.15, -0.1) is 22.7 Å². The second-order valence-electron chi connectivity index (χ2n) is 5.91. The Balaban J connectivity index is 1.77. The van der Waals surface area contributed by atoms with Crippen molar-refractivity contribution < 1.29 is 4.79 Å². The minimum atomic E-state index is 0.0112. The summed E-state index contributed by atoms with van der Waals surface area (Å²) < 4.78 is 1.05. The Hall–Kier alpha value is -1.79. The van der Waals surface area contributed by atoms with Crippen LogP contribution in [0.15, 0.2) is 23.6 Å². The van der Waals surface area contributed by atoms with Gasteiger partial charge < -0.3 is 4.90 Å². The SMILES string of the molecule is Cc1nc2ccc(C(=O)N(C)Cc3csc(C(C)C)n3)cc2s1. The molecule has 0 unspecified atom stereocenters. The van der Waals surface area contributed by atoms with Gasteiger partial charge >= 0.3 is 0 Å². The number of rotatable bonds is 4. The first-order valence-electron chi connectivity index (χ1n) is 7.51. The van der Waals surface area contributed by atoms with Crippen LogP contribution in [0.25, 0.3) is 10.2 Å². The van der Waals surface area contributed by atoms with Gasteiger partial charge in [0.2, 0.25) is 0 Å². The van der Waals surface area contributed by atoms with Gasteiger partial charge in [-0.1, -0.05) is 13.8 Å². The minimum Gasteiger partial charge on any atom is -0.336 e. The fourth-order valence-corrected chi connectivity index (χ4v) is 4.06. The molecule has 0 bridgehead atoms. The van der Waals surface area contributed by atoms with E-state index in [1.165, 1.54) is 0 Å². The lowest BCUT2D eigenvalue weighted by atomic mass is 10.2. The van der Waals surface area contributed by atoms with Crippen LogP contribution in [0.2, 0.25) is 0 Å². The van der Waals surface area contributed by atoms with E-state index in [0.29, 0.717) is 18.0 Å². The molecule has 23 heavy (non-hydrogen) atoms. The van der Waals surface area contributed by atoms with Gasteiger partial charge in [0.05, 0.1) is 32.5 Å². The average molecular weight is 345 g/mol. The Labute approximate surface area is 143 Å². The van der Waals surface area contributed by atoms with E-state index in [1.54, 1.807) is 27.6 Å². The molecule has 0 atom stereocenters. The number of carbonyl (C=O) groups is 1. The third-order valence-corrected chi connectivity index (χ3v) is 5.68. The molecule has 0 N–H and O–H groups in total. The lowest BCUT2D eigenvalue weighted by Crippen LogP contribution is -2.26. The van der Waals surface area contributed by atoms with E-state index in [1.807, 2.05) is 37.6 Å². The van der Waals surface area contributed by atoms with Crippen molar-refractivity contribution in [3.63, 3.8) is 0 Å². The fraction of sp³-hybridized carbons (Fsp3) is 0.353. The highest BCUT2D eigenvalue weighted by Crippen LogP contribution is 2.24. The van der Waals surface area contributed by atoms with Crippen molar-refractivity contribution in [2.24, 2.45) is 0 Å². The molecule has 0 aliphatic heterocycles. The zero-order chi connectivity index (χ0) is 16.6. The summed E-state index contributed by atoms with van der Waals surface area (Å²) >= 11 is 3.27. The van der Waals surface area contributed by atoms with Crippen molar-refractivity contribution in [2.75, 3.05) is 7.05 Å². The predicted molar refractivity (Wildman–Crippen MR) is 96.4 cm³/mol. The number of carbonyl (C=O) groups excluding carboxylic acids is 1. The summed E-state index contributed by atoms with van der Waals surface area (Å²) in [5, 5.41) is 4.17. The highest BCUT2D eigenvalue weighted by molar-refractivity contribution is 7.18. The molecule has 1 aromatic carbocycles. The molecule has 0 saturated carbocycles. The van der Waals surface area contributed by atoms with E-state index < -0.39 is 0 Å². The van der Waals surface area contributed by atoms with E-state index in [-0.39, 0.29) is 5.91 Å². The van der Waals surface area contributed by atoms with Gasteiger partial charge in [-0.3, -0.25) is 4.79 Å². The van der Waals surface area contributed by atoms with Crippen molar-refractivity contribution >= 4 is 38.8 Å². The maximum atomic E-state index is 12.6. The molecule has 120 valence electrons. The number of fused-ring (bicyclic) bond motifs is 1. The van der Waals surface area contributed by atoms with Gasteiger partial charge in [-0.05, 0) is 25.1 Å². The third-order valence-electron chi connectivity index (χ3n) is 3.55. The first-order chi connectivity index (χ1) is 10.9. The zero-order valence-corrected chi connectivity index (χ0v) is 15.3. The van der Waals surface area contributed by atoms with Crippen LogP contribution >= 0.6 is 22.7 Å². The minimum absolute atomic E-state index is 0.0112. The number of aromatic nitrogens is 2. The summed E-state index contributed by atoms with van der Waals surface area (Å²) in [6.07, 6.45) is 0. The molecular weight excluding hydrogens is 326 g/mol. The van der Waals surface area contributed by atoms with Gasteiger partial charge in [-0.2, -0.15) is 0 Å². The smallest absolute Gasteiger partial charge is 0.253 e. The summed E-state index contributed by atoms with van der Waals surface area (Å²) in [6.45, 7) is 6.77. The fourth-order valence-electron chi connectivity index (χ4n) is 2.37. The van der Waals surface area contributed by atoms with E-state index in [0.717, 1.165) is 25.9 Å². The standard InChI is InChI=1S/C17H19N3OS2/c1-10(2)16-19-13(9-22-16)8-20(4)17(21)12-5-6-14-15(7-12)23-11(3)18-14/h5-7,9-10H,8H2,1-4H3. The lowest BCUT2D eigenvalue weighted by Gasteiger charge is -2.16. The van der Waals surface area contributed by atoms with Gasteiger partial charge in [-0.25, -0.2) is 9.97 Å². The average Bonchev–Trinajstić information content (AvgIpc) is 3.10. The molecule has 1 amide bonds. The topological polar surface area (TPSA) is 46.1 Å². The van der Waals surface area contributed by atoms with Crippen LogP contribution in [0.1, 0.15) is 45.8 Å². The molecule has 0 aliphatic carbocycles. The van der Waals surface area contributed by atoms with Crippen LogP contribution in [-0.2, 0) is 6.54 Å². The molecule has 0 aliphatic rings. The number of nitrogens with zero attached hydrogens (tertiary/aromatic N) is 3. The van der Waals surface area contributed by atoms with Gasteiger partial charge in [0.1, 0.15) is 0 Å². The zero-order valence-electron chi connectivity index (χ0n) is 13.7. The van der Waals surface area contributed by atoms with Crippen molar-refractivity contribution in [1.82, 2.24) is 14.9 Å².